The monoisotopic (exact) mass is 444 g/mol. The van der Waals surface area contributed by atoms with E-state index in [1.54, 1.807) is 19.5 Å². The van der Waals surface area contributed by atoms with Crippen LogP contribution in [0.4, 0.5) is 0 Å². The molecule has 0 unspecified atom stereocenters. The molecular weight excluding hydrogens is 420 g/mol. The van der Waals surface area contributed by atoms with Crippen LogP contribution in [0.15, 0.2) is 90.1 Å². The Balaban J connectivity index is 1.29. The molecule has 1 N–H and O–H groups in total. The Hall–Kier alpha value is -3.51. The number of ether oxygens (including phenoxy) is 2. The van der Waals surface area contributed by atoms with Crippen LogP contribution in [0, 0.1) is 0 Å². The Morgan fingerprint density at radius 2 is 1.72 bits per heavy atom. The van der Waals surface area contributed by atoms with Crippen LogP contribution in [0.5, 0.6) is 11.5 Å². The van der Waals surface area contributed by atoms with Crippen molar-refractivity contribution in [1.29, 1.82) is 0 Å². The maximum atomic E-state index is 12.3. The van der Waals surface area contributed by atoms with Crippen LogP contribution in [0.2, 0.25) is 0 Å². The van der Waals surface area contributed by atoms with Crippen LogP contribution in [-0.2, 0) is 17.9 Å². The summed E-state index contributed by atoms with van der Waals surface area (Å²) in [7, 11) is 1.61. The van der Waals surface area contributed by atoms with Gasteiger partial charge < -0.3 is 14.8 Å². The Bertz CT molecular complexity index is 1200. The molecule has 0 aliphatic heterocycles. The highest BCUT2D eigenvalue weighted by molar-refractivity contribution is 8.00. The molecule has 1 aromatic heterocycles. The van der Waals surface area contributed by atoms with Gasteiger partial charge in [0.2, 0.25) is 5.91 Å². The third kappa shape index (κ3) is 5.80. The molecule has 0 atom stereocenters. The summed E-state index contributed by atoms with van der Waals surface area (Å²) in [4.78, 5) is 17.4. The van der Waals surface area contributed by atoms with Gasteiger partial charge in [0, 0.05) is 23.8 Å². The summed E-state index contributed by atoms with van der Waals surface area (Å²) in [5.41, 5.74) is 1.98. The molecule has 3 aromatic carbocycles. The van der Waals surface area contributed by atoms with Gasteiger partial charge in [-0.2, -0.15) is 0 Å². The summed E-state index contributed by atoms with van der Waals surface area (Å²) in [6.07, 6.45) is 3.47. The maximum Gasteiger partial charge on any atom is 0.230 e. The predicted octanol–water partition coefficient (Wildman–Crippen LogP) is 5.23. The normalized spacial score (nSPS) is 10.7. The van der Waals surface area contributed by atoms with Crippen LogP contribution < -0.4 is 14.8 Å². The topological polar surface area (TPSA) is 60.5 Å². The minimum absolute atomic E-state index is 0.0138. The average Bonchev–Trinajstić information content (AvgIpc) is 2.85. The lowest BCUT2D eigenvalue weighted by Gasteiger charge is -2.13. The van der Waals surface area contributed by atoms with Crippen LogP contribution >= 0.6 is 11.8 Å². The molecule has 162 valence electrons. The van der Waals surface area contributed by atoms with Crippen molar-refractivity contribution in [3.05, 3.63) is 96.3 Å². The first-order valence-electron chi connectivity index (χ1n) is 10.3. The zero-order valence-corrected chi connectivity index (χ0v) is 18.6. The molecule has 0 saturated heterocycles. The van der Waals surface area contributed by atoms with Gasteiger partial charge in [-0.05, 0) is 58.3 Å². The molecule has 0 aliphatic carbocycles. The molecular formula is C26H24N2O3S. The third-order valence-corrected chi connectivity index (χ3v) is 5.95. The lowest BCUT2D eigenvalue weighted by Crippen LogP contribution is -2.24. The van der Waals surface area contributed by atoms with Gasteiger partial charge in [-0.3, -0.25) is 9.78 Å². The highest BCUT2D eigenvalue weighted by Gasteiger charge is 2.08. The van der Waals surface area contributed by atoms with Crippen molar-refractivity contribution in [3.63, 3.8) is 0 Å². The summed E-state index contributed by atoms with van der Waals surface area (Å²) < 4.78 is 11.3. The number of aromatic nitrogens is 1. The Morgan fingerprint density at radius 3 is 2.53 bits per heavy atom. The van der Waals surface area contributed by atoms with E-state index in [0.717, 1.165) is 16.0 Å². The van der Waals surface area contributed by atoms with Gasteiger partial charge >= 0.3 is 0 Å². The minimum atomic E-state index is -0.0138. The van der Waals surface area contributed by atoms with Crippen molar-refractivity contribution < 1.29 is 14.3 Å². The first-order chi connectivity index (χ1) is 15.7. The molecule has 6 heteroatoms. The van der Waals surface area contributed by atoms with Crippen molar-refractivity contribution in [2.75, 3.05) is 12.9 Å². The predicted molar refractivity (Wildman–Crippen MR) is 128 cm³/mol. The number of amides is 1. The number of carbonyl (C=O) groups excluding carboxylic acids is 1. The molecule has 4 aromatic rings. The van der Waals surface area contributed by atoms with Crippen molar-refractivity contribution in [3.8, 4) is 11.5 Å². The Kier molecular flexibility index (Phi) is 7.25. The van der Waals surface area contributed by atoms with Gasteiger partial charge in [0.05, 0.1) is 12.9 Å². The first kappa shape index (κ1) is 21.7. The molecule has 0 fully saturated rings. The number of pyridine rings is 1. The zero-order valence-electron chi connectivity index (χ0n) is 17.8. The van der Waals surface area contributed by atoms with E-state index in [-0.39, 0.29) is 5.91 Å². The number of benzene rings is 3. The second-order valence-corrected chi connectivity index (χ2v) is 8.25. The van der Waals surface area contributed by atoms with Crippen LogP contribution in [0.25, 0.3) is 10.8 Å². The molecule has 1 heterocycles. The van der Waals surface area contributed by atoms with Crippen molar-refractivity contribution in [2.45, 2.75) is 18.0 Å². The van der Waals surface area contributed by atoms with E-state index in [0.29, 0.717) is 30.4 Å². The number of carbonyl (C=O) groups is 1. The van der Waals surface area contributed by atoms with E-state index in [1.807, 2.05) is 42.5 Å². The van der Waals surface area contributed by atoms with Gasteiger partial charge in [0.1, 0.15) is 6.61 Å². The number of thioether (sulfide) groups is 1. The molecule has 32 heavy (non-hydrogen) atoms. The second kappa shape index (κ2) is 10.7. The fraction of sp³-hybridized carbons (Fsp3) is 0.154. The molecule has 0 spiro atoms. The zero-order chi connectivity index (χ0) is 22.2. The van der Waals surface area contributed by atoms with Gasteiger partial charge in [0.15, 0.2) is 11.5 Å². The molecule has 0 bridgehead atoms. The van der Waals surface area contributed by atoms with E-state index >= 15 is 0 Å². The Labute approximate surface area is 191 Å². The molecule has 0 radical (unpaired) electrons. The number of hydrogen-bond donors (Lipinski definition) is 1. The van der Waals surface area contributed by atoms with Crippen LogP contribution in [0.3, 0.4) is 0 Å². The van der Waals surface area contributed by atoms with E-state index in [4.69, 9.17) is 9.47 Å². The highest BCUT2D eigenvalue weighted by Crippen LogP contribution is 2.29. The van der Waals surface area contributed by atoms with Gasteiger partial charge in [-0.15, -0.1) is 11.8 Å². The maximum absolute atomic E-state index is 12.3. The summed E-state index contributed by atoms with van der Waals surface area (Å²) in [5, 5.41) is 5.35. The summed E-state index contributed by atoms with van der Waals surface area (Å²) in [6, 6.07) is 24.0. The molecule has 5 nitrogen and oxygen atoms in total. The molecule has 1 amide bonds. The number of nitrogens with one attached hydrogen (secondary N) is 1. The van der Waals surface area contributed by atoms with Crippen molar-refractivity contribution >= 4 is 28.4 Å². The SMILES string of the molecule is COc1cc(CNC(=O)CSc2ccc3ccccc3c2)ccc1OCc1ccncc1. The molecule has 0 aliphatic rings. The highest BCUT2D eigenvalue weighted by atomic mass is 32.2. The van der Waals surface area contributed by atoms with Crippen molar-refractivity contribution in [2.24, 2.45) is 0 Å². The number of methoxy groups -OCH3 is 1. The summed E-state index contributed by atoms with van der Waals surface area (Å²) in [5.74, 6) is 1.64. The quantitative estimate of drug-likeness (QED) is 0.358. The number of rotatable bonds is 9. The number of hydrogen-bond acceptors (Lipinski definition) is 5. The average molecular weight is 445 g/mol. The van der Waals surface area contributed by atoms with Crippen LogP contribution in [0.1, 0.15) is 11.1 Å². The fourth-order valence-electron chi connectivity index (χ4n) is 3.24. The van der Waals surface area contributed by atoms with E-state index in [2.05, 4.69) is 40.6 Å². The van der Waals surface area contributed by atoms with Crippen molar-refractivity contribution in [1.82, 2.24) is 10.3 Å². The van der Waals surface area contributed by atoms with E-state index in [9.17, 15) is 4.79 Å². The van der Waals surface area contributed by atoms with Gasteiger partial charge in [-0.25, -0.2) is 0 Å². The van der Waals surface area contributed by atoms with Gasteiger partial charge in [0.25, 0.3) is 0 Å². The molecule has 0 saturated carbocycles. The smallest absolute Gasteiger partial charge is 0.230 e. The second-order valence-electron chi connectivity index (χ2n) is 7.20. The fourth-order valence-corrected chi connectivity index (χ4v) is 4.01. The third-order valence-electron chi connectivity index (χ3n) is 4.95. The van der Waals surface area contributed by atoms with Gasteiger partial charge in [-0.1, -0.05) is 36.4 Å². The lowest BCUT2D eigenvalue weighted by molar-refractivity contribution is -0.118. The lowest BCUT2D eigenvalue weighted by atomic mass is 10.1. The number of nitrogens with zero attached hydrogens (tertiary/aromatic N) is 1. The summed E-state index contributed by atoms with van der Waals surface area (Å²) in [6.45, 7) is 0.860. The first-order valence-corrected chi connectivity index (χ1v) is 11.3. The van der Waals surface area contributed by atoms with E-state index < -0.39 is 0 Å². The standard InChI is InChI=1S/C26H24N2O3S/c1-30-25-14-20(6-9-24(25)31-17-19-10-12-27-13-11-19)16-28-26(29)18-32-23-8-7-21-4-2-3-5-22(21)15-23/h2-15H,16-18H2,1H3,(H,28,29). The number of fused-ring (bicyclic) bond motifs is 1. The van der Waals surface area contributed by atoms with Crippen LogP contribution in [-0.4, -0.2) is 23.8 Å². The largest absolute Gasteiger partial charge is 0.493 e. The minimum Gasteiger partial charge on any atom is -0.493 e. The summed E-state index contributed by atoms with van der Waals surface area (Å²) >= 11 is 1.53. The Morgan fingerprint density at radius 1 is 0.906 bits per heavy atom. The molecule has 4 rings (SSSR count). The van der Waals surface area contributed by atoms with E-state index in [1.165, 1.54) is 22.5 Å².